The fourth-order valence-corrected chi connectivity index (χ4v) is 2.33. The molecule has 0 saturated carbocycles. The number of imide groups is 1. The summed E-state index contributed by atoms with van der Waals surface area (Å²) >= 11 is 0. The van der Waals surface area contributed by atoms with Gasteiger partial charge in [-0.1, -0.05) is 24.3 Å². The highest BCUT2D eigenvalue weighted by atomic mass is 16.5. The molecule has 0 aromatic heterocycles. The molecule has 2 aromatic rings. The summed E-state index contributed by atoms with van der Waals surface area (Å²) in [7, 11) is 1.18. The zero-order valence-corrected chi connectivity index (χ0v) is 11.7. The van der Waals surface area contributed by atoms with Crippen molar-refractivity contribution in [3.05, 3.63) is 59.7 Å². The molecule has 22 heavy (non-hydrogen) atoms. The molecule has 1 heterocycles. The molecule has 2 aromatic carbocycles. The molecule has 0 fully saturated rings. The van der Waals surface area contributed by atoms with Crippen LogP contribution in [0.5, 0.6) is 0 Å². The van der Waals surface area contributed by atoms with Gasteiger partial charge in [-0.05, 0) is 24.3 Å². The van der Waals surface area contributed by atoms with Crippen LogP contribution in [0.2, 0.25) is 0 Å². The molecule has 0 saturated heterocycles. The smallest absolute Gasteiger partial charge is 0.421 e. The molecule has 1 N–H and O–H groups in total. The van der Waals surface area contributed by atoms with Gasteiger partial charge in [0.2, 0.25) is 0 Å². The number of carbonyl (C=O) groups excluding carboxylic acids is 3. The maximum absolute atomic E-state index is 12.7. The molecule has 6 nitrogen and oxygen atoms in total. The molecule has 0 aliphatic carbocycles. The standard InChI is InChI=1S/C16H12N2O4/c1-22-16(21)18-13-9-5-3-7-11(13)14(19)17-12-8-4-2-6-10(12)15(18)20/h2-9H,1H3,(H,17,19). The Morgan fingerprint density at radius 3 is 2.36 bits per heavy atom. The Morgan fingerprint density at radius 2 is 1.64 bits per heavy atom. The SMILES string of the molecule is COC(=O)N1C(=O)c2ccccc2NC(=O)c2ccccc21. The largest absolute Gasteiger partial charge is 0.452 e. The number of para-hydroxylation sites is 2. The fraction of sp³-hybridized carbons (Fsp3) is 0.0625. The Bertz CT molecular complexity index is 785. The van der Waals surface area contributed by atoms with Crippen LogP contribution in [0.3, 0.4) is 0 Å². The number of anilines is 2. The first-order valence-corrected chi connectivity index (χ1v) is 6.55. The number of benzene rings is 2. The average Bonchev–Trinajstić information content (AvgIpc) is 2.54. The number of hydrogen-bond acceptors (Lipinski definition) is 4. The third-order valence-electron chi connectivity index (χ3n) is 3.36. The first kappa shape index (κ1) is 13.8. The van der Waals surface area contributed by atoms with Crippen LogP contribution in [-0.4, -0.2) is 25.0 Å². The Hall–Kier alpha value is -3.15. The first-order valence-electron chi connectivity index (χ1n) is 6.55. The fourth-order valence-electron chi connectivity index (χ4n) is 2.33. The summed E-state index contributed by atoms with van der Waals surface area (Å²) in [5, 5.41) is 2.69. The second-order valence-electron chi connectivity index (χ2n) is 4.63. The number of nitrogens with one attached hydrogen (secondary N) is 1. The average molecular weight is 296 g/mol. The molecule has 0 bridgehead atoms. The van der Waals surface area contributed by atoms with Gasteiger partial charge < -0.3 is 10.1 Å². The van der Waals surface area contributed by atoms with E-state index in [0.717, 1.165) is 4.90 Å². The first-order chi connectivity index (χ1) is 10.6. The summed E-state index contributed by atoms with van der Waals surface area (Å²) in [5.41, 5.74) is 0.971. The lowest BCUT2D eigenvalue weighted by molar-refractivity contribution is 0.0974. The van der Waals surface area contributed by atoms with Gasteiger partial charge in [-0.25, -0.2) is 9.69 Å². The lowest BCUT2D eigenvalue weighted by atomic mass is 10.1. The second kappa shape index (κ2) is 5.33. The number of hydrogen-bond donors (Lipinski definition) is 1. The van der Waals surface area contributed by atoms with E-state index in [0.29, 0.717) is 5.69 Å². The van der Waals surface area contributed by atoms with Crippen LogP contribution >= 0.6 is 0 Å². The van der Waals surface area contributed by atoms with Crippen molar-refractivity contribution in [3.63, 3.8) is 0 Å². The molecule has 110 valence electrons. The monoisotopic (exact) mass is 296 g/mol. The summed E-state index contributed by atoms with van der Waals surface area (Å²) in [6.45, 7) is 0. The van der Waals surface area contributed by atoms with Gasteiger partial charge in [-0.3, -0.25) is 9.59 Å². The van der Waals surface area contributed by atoms with Crippen LogP contribution in [0.4, 0.5) is 16.2 Å². The normalized spacial score (nSPS) is 13.4. The van der Waals surface area contributed by atoms with Gasteiger partial charge in [-0.15, -0.1) is 0 Å². The molecular formula is C16H12N2O4. The second-order valence-corrected chi connectivity index (χ2v) is 4.63. The quantitative estimate of drug-likeness (QED) is 0.811. The van der Waals surface area contributed by atoms with Crippen LogP contribution in [-0.2, 0) is 4.74 Å². The summed E-state index contributed by atoms with van der Waals surface area (Å²) < 4.78 is 4.70. The van der Waals surface area contributed by atoms with Crippen LogP contribution in [0.15, 0.2) is 48.5 Å². The highest BCUT2D eigenvalue weighted by Gasteiger charge is 2.32. The maximum Gasteiger partial charge on any atom is 0.421 e. The maximum atomic E-state index is 12.7. The third kappa shape index (κ3) is 2.10. The number of methoxy groups -OCH3 is 1. The zero-order chi connectivity index (χ0) is 15.7. The number of nitrogens with zero attached hydrogens (tertiary/aromatic N) is 1. The van der Waals surface area contributed by atoms with Gasteiger partial charge in [0.05, 0.1) is 29.6 Å². The number of rotatable bonds is 0. The minimum atomic E-state index is -0.845. The molecule has 0 radical (unpaired) electrons. The Kier molecular flexibility index (Phi) is 3.34. The minimum absolute atomic E-state index is 0.186. The van der Waals surface area contributed by atoms with Gasteiger partial charge in [-0.2, -0.15) is 0 Å². The van der Waals surface area contributed by atoms with Crippen LogP contribution < -0.4 is 10.2 Å². The number of fused-ring (bicyclic) bond motifs is 2. The van der Waals surface area contributed by atoms with E-state index in [1.54, 1.807) is 42.5 Å². The lowest BCUT2D eigenvalue weighted by Gasteiger charge is -2.25. The highest BCUT2D eigenvalue weighted by molar-refractivity contribution is 6.26. The molecule has 1 aliphatic rings. The topological polar surface area (TPSA) is 75.7 Å². The van der Waals surface area contributed by atoms with Crippen molar-refractivity contribution in [2.75, 3.05) is 17.3 Å². The molecule has 1 aliphatic heterocycles. The molecule has 6 heteroatoms. The Labute approximate surface area is 126 Å². The summed E-state index contributed by atoms with van der Waals surface area (Å²) in [5.74, 6) is -0.959. The van der Waals surface area contributed by atoms with E-state index in [1.165, 1.54) is 13.2 Å². The van der Waals surface area contributed by atoms with Crippen molar-refractivity contribution >= 4 is 29.3 Å². The van der Waals surface area contributed by atoms with E-state index in [9.17, 15) is 14.4 Å². The third-order valence-corrected chi connectivity index (χ3v) is 3.36. The lowest BCUT2D eigenvalue weighted by Crippen LogP contribution is -2.40. The van der Waals surface area contributed by atoms with Crippen LogP contribution in [0.1, 0.15) is 20.7 Å². The molecule has 0 atom stereocenters. The molecule has 0 spiro atoms. The van der Waals surface area contributed by atoms with Crippen molar-refractivity contribution in [1.82, 2.24) is 0 Å². The summed E-state index contributed by atoms with van der Waals surface area (Å²) in [6.07, 6.45) is -0.845. The van der Waals surface area contributed by atoms with Crippen LogP contribution in [0.25, 0.3) is 0 Å². The highest BCUT2D eigenvalue weighted by Crippen LogP contribution is 2.29. The van der Waals surface area contributed by atoms with E-state index >= 15 is 0 Å². The number of amides is 3. The van der Waals surface area contributed by atoms with Crippen molar-refractivity contribution in [1.29, 1.82) is 0 Å². The zero-order valence-electron chi connectivity index (χ0n) is 11.7. The predicted molar refractivity (Wildman–Crippen MR) is 80.1 cm³/mol. The van der Waals surface area contributed by atoms with Crippen LogP contribution in [0, 0.1) is 0 Å². The van der Waals surface area contributed by atoms with E-state index in [2.05, 4.69) is 5.32 Å². The minimum Gasteiger partial charge on any atom is -0.452 e. The van der Waals surface area contributed by atoms with Gasteiger partial charge >= 0.3 is 6.09 Å². The molecular weight excluding hydrogens is 284 g/mol. The van der Waals surface area contributed by atoms with Gasteiger partial charge in [0, 0.05) is 0 Å². The van der Waals surface area contributed by atoms with Gasteiger partial charge in [0.1, 0.15) is 0 Å². The van der Waals surface area contributed by atoms with Gasteiger partial charge in [0.25, 0.3) is 11.8 Å². The van der Waals surface area contributed by atoms with E-state index in [4.69, 9.17) is 4.74 Å². The van der Waals surface area contributed by atoms with Crippen molar-refractivity contribution in [2.45, 2.75) is 0 Å². The van der Waals surface area contributed by atoms with Gasteiger partial charge in [0.15, 0.2) is 0 Å². The number of carbonyl (C=O) groups is 3. The van der Waals surface area contributed by atoms with Crippen molar-refractivity contribution in [3.8, 4) is 0 Å². The van der Waals surface area contributed by atoms with E-state index in [-0.39, 0.29) is 16.8 Å². The Balaban J connectivity index is 2.26. The van der Waals surface area contributed by atoms with Crippen molar-refractivity contribution in [2.24, 2.45) is 0 Å². The van der Waals surface area contributed by atoms with Crippen molar-refractivity contribution < 1.29 is 19.1 Å². The predicted octanol–water partition coefficient (Wildman–Crippen LogP) is 2.67. The molecule has 0 unspecified atom stereocenters. The summed E-state index contributed by atoms with van der Waals surface area (Å²) in [6, 6.07) is 12.9. The van der Waals surface area contributed by atoms with E-state index < -0.39 is 17.9 Å². The number of ether oxygens (including phenoxy) is 1. The Morgan fingerprint density at radius 1 is 1.00 bits per heavy atom. The molecule has 3 rings (SSSR count). The molecule has 3 amide bonds. The summed E-state index contributed by atoms with van der Waals surface area (Å²) in [4.78, 5) is 38.1. The van der Waals surface area contributed by atoms with E-state index in [1.807, 2.05) is 0 Å².